The maximum Gasteiger partial charge on any atom is 0.406 e. The summed E-state index contributed by atoms with van der Waals surface area (Å²) in [7, 11) is 0. The monoisotopic (exact) mass is 534 g/mol. The molecule has 5 heterocycles. The topological polar surface area (TPSA) is 131 Å². The van der Waals surface area contributed by atoms with Gasteiger partial charge in [0.2, 0.25) is 17.8 Å². The van der Waals surface area contributed by atoms with Crippen molar-refractivity contribution in [3.8, 4) is 11.4 Å². The van der Waals surface area contributed by atoms with Gasteiger partial charge < -0.3 is 25.2 Å². The van der Waals surface area contributed by atoms with Gasteiger partial charge in [0.1, 0.15) is 6.54 Å². The zero-order valence-corrected chi connectivity index (χ0v) is 21.0. The Morgan fingerprint density at radius 2 is 1.68 bits per heavy atom. The van der Waals surface area contributed by atoms with E-state index < -0.39 is 12.7 Å². The van der Waals surface area contributed by atoms with Crippen LogP contribution < -0.4 is 15.5 Å². The summed E-state index contributed by atoms with van der Waals surface area (Å²) in [6.07, 6.45) is -0.460. The number of hydrogen-bond donors (Lipinski definition) is 1. The fourth-order valence-corrected chi connectivity index (χ4v) is 4.65. The largest absolute Gasteiger partial charge is 0.406 e. The first-order valence-corrected chi connectivity index (χ1v) is 12.5. The van der Waals surface area contributed by atoms with Crippen molar-refractivity contribution < 1.29 is 22.7 Å². The van der Waals surface area contributed by atoms with E-state index >= 15 is 0 Å². The highest BCUT2D eigenvalue weighted by Gasteiger charge is 2.34. The van der Waals surface area contributed by atoms with Crippen molar-refractivity contribution in [3.63, 3.8) is 0 Å². The minimum absolute atomic E-state index is 0.0479. The zero-order chi connectivity index (χ0) is 26.9. The molecule has 5 rings (SSSR count). The van der Waals surface area contributed by atoms with Gasteiger partial charge in [0.15, 0.2) is 22.8 Å². The van der Waals surface area contributed by atoms with Crippen LogP contribution in [0.2, 0.25) is 0 Å². The fraction of sp³-hybridized carbons (Fsp3) is 0.565. The predicted molar refractivity (Wildman–Crippen MR) is 134 cm³/mol. The summed E-state index contributed by atoms with van der Waals surface area (Å²) < 4.78 is 48.1. The molecule has 0 aromatic carbocycles. The Morgan fingerprint density at radius 3 is 2.32 bits per heavy atom. The van der Waals surface area contributed by atoms with Crippen LogP contribution in [0.25, 0.3) is 22.6 Å². The summed E-state index contributed by atoms with van der Waals surface area (Å²) in [4.78, 5) is 39.6. The van der Waals surface area contributed by atoms with Gasteiger partial charge in [-0.25, -0.2) is 24.9 Å². The third kappa shape index (κ3) is 5.42. The Labute approximate surface area is 216 Å². The first kappa shape index (κ1) is 25.9. The maximum absolute atomic E-state index is 13.8. The number of hydrogen-bond acceptors (Lipinski definition) is 10. The lowest BCUT2D eigenvalue weighted by atomic mass is 10.2. The molecule has 38 heavy (non-hydrogen) atoms. The number of amides is 1. The first-order valence-electron chi connectivity index (χ1n) is 12.5. The first-order chi connectivity index (χ1) is 18.2. The van der Waals surface area contributed by atoms with Crippen molar-refractivity contribution in [1.82, 2.24) is 34.4 Å². The third-order valence-electron chi connectivity index (χ3n) is 6.51. The zero-order valence-electron chi connectivity index (χ0n) is 21.0. The number of imidazole rings is 1. The van der Waals surface area contributed by atoms with Gasteiger partial charge in [0, 0.05) is 58.1 Å². The van der Waals surface area contributed by atoms with E-state index in [2.05, 4.69) is 24.9 Å². The normalized spacial score (nSPS) is 16.9. The van der Waals surface area contributed by atoms with E-state index in [4.69, 9.17) is 10.5 Å². The lowest BCUT2D eigenvalue weighted by Crippen LogP contribution is -2.49. The Kier molecular flexibility index (Phi) is 7.19. The van der Waals surface area contributed by atoms with Crippen molar-refractivity contribution in [1.29, 1.82) is 0 Å². The molecule has 0 radical (unpaired) electrons. The van der Waals surface area contributed by atoms with Crippen LogP contribution in [0.3, 0.4) is 0 Å². The minimum atomic E-state index is -4.52. The quantitative estimate of drug-likeness (QED) is 0.499. The Balaban J connectivity index is 1.61. The average molecular weight is 535 g/mol. The van der Waals surface area contributed by atoms with Crippen molar-refractivity contribution in [2.45, 2.75) is 32.5 Å². The molecule has 0 spiro atoms. The van der Waals surface area contributed by atoms with E-state index in [1.165, 1.54) is 12.4 Å². The molecule has 0 atom stereocenters. The van der Waals surface area contributed by atoms with E-state index in [-0.39, 0.29) is 34.8 Å². The number of ether oxygens (including phenoxy) is 1. The molecule has 204 valence electrons. The van der Waals surface area contributed by atoms with E-state index in [1.807, 2.05) is 11.8 Å². The van der Waals surface area contributed by atoms with Crippen LogP contribution in [-0.4, -0.2) is 99.0 Å². The standard InChI is InChI=1S/C23H29F3N10O2/c1-2-3-16(37)33-4-6-35(7-5-33)22-30-17-19(34-8-10-38-11-9-34)31-18(15-12-28-21(27)29-13-15)32-20(17)36(22)14-23(24,25)26/h12-13H,2-11,14H2,1H3,(H2,27,28,29). The van der Waals surface area contributed by atoms with Crippen LogP contribution in [-0.2, 0) is 16.1 Å². The number of anilines is 3. The number of alkyl halides is 3. The highest BCUT2D eigenvalue weighted by Crippen LogP contribution is 2.33. The van der Waals surface area contributed by atoms with Crippen molar-refractivity contribution in [2.24, 2.45) is 0 Å². The molecule has 2 aliphatic rings. The third-order valence-corrected chi connectivity index (χ3v) is 6.51. The van der Waals surface area contributed by atoms with Crippen LogP contribution in [0.5, 0.6) is 0 Å². The second-order valence-corrected chi connectivity index (χ2v) is 9.20. The Morgan fingerprint density at radius 1 is 1.00 bits per heavy atom. The number of nitrogens with zero attached hydrogens (tertiary/aromatic N) is 9. The van der Waals surface area contributed by atoms with Crippen molar-refractivity contribution >= 4 is 34.8 Å². The predicted octanol–water partition coefficient (Wildman–Crippen LogP) is 1.71. The molecule has 0 aliphatic carbocycles. The molecule has 3 aromatic rings. The molecule has 2 aliphatic heterocycles. The SMILES string of the molecule is CCCC(=O)N1CCN(c2nc3c(N4CCOCC4)nc(-c4cnc(N)nc4)nc3n2CC(F)(F)F)CC1. The van der Waals surface area contributed by atoms with Gasteiger partial charge in [-0.05, 0) is 6.42 Å². The molecule has 2 N–H and O–H groups in total. The number of aromatic nitrogens is 6. The minimum Gasteiger partial charge on any atom is -0.378 e. The molecule has 0 saturated carbocycles. The van der Waals surface area contributed by atoms with Gasteiger partial charge in [-0.2, -0.15) is 13.2 Å². The summed E-state index contributed by atoms with van der Waals surface area (Å²) in [5.41, 5.74) is 6.36. The summed E-state index contributed by atoms with van der Waals surface area (Å²) in [5.74, 6) is 0.846. The summed E-state index contributed by atoms with van der Waals surface area (Å²) in [5, 5.41) is 0. The molecule has 0 unspecified atom stereocenters. The summed E-state index contributed by atoms with van der Waals surface area (Å²) in [6, 6.07) is 0. The number of piperazine rings is 1. The number of nitrogen functional groups attached to an aromatic ring is 1. The average Bonchev–Trinajstić information content (AvgIpc) is 3.26. The maximum atomic E-state index is 13.8. The number of nitrogens with two attached hydrogens (primary N) is 1. The molecule has 2 fully saturated rings. The smallest absolute Gasteiger partial charge is 0.378 e. The Hall–Kier alpha value is -3.75. The number of morpholine rings is 1. The second-order valence-electron chi connectivity index (χ2n) is 9.20. The summed E-state index contributed by atoms with van der Waals surface area (Å²) >= 11 is 0. The fourth-order valence-electron chi connectivity index (χ4n) is 4.65. The number of carbonyl (C=O) groups excluding carboxylic acids is 1. The molecule has 0 bridgehead atoms. The molecular weight excluding hydrogens is 505 g/mol. The number of halogens is 3. The van der Waals surface area contributed by atoms with Crippen LogP contribution >= 0.6 is 0 Å². The van der Waals surface area contributed by atoms with Crippen LogP contribution in [0.15, 0.2) is 12.4 Å². The van der Waals surface area contributed by atoms with E-state index in [0.29, 0.717) is 70.3 Å². The molecule has 12 nitrogen and oxygen atoms in total. The van der Waals surface area contributed by atoms with E-state index in [0.717, 1.165) is 11.0 Å². The van der Waals surface area contributed by atoms with Gasteiger partial charge in [0.25, 0.3) is 0 Å². The van der Waals surface area contributed by atoms with Gasteiger partial charge in [-0.1, -0.05) is 6.92 Å². The second kappa shape index (κ2) is 10.6. The number of fused-ring (bicyclic) bond motifs is 1. The van der Waals surface area contributed by atoms with Gasteiger partial charge >= 0.3 is 6.18 Å². The number of carbonyl (C=O) groups is 1. The summed E-state index contributed by atoms with van der Waals surface area (Å²) in [6.45, 7) is 4.11. The molecular formula is C23H29F3N10O2. The van der Waals surface area contributed by atoms with E-state index in [9.17, 15) is 18.0 Å². The molecule has 2 saturated heterocycles. The van der Waals surface area contributed by atoms with Gasteiger partial charge in [0.05, 0.1) is 18.8 Å². The Bertz CT molecular complexity index is 1280. The van der Waals surface area contributed by atoms with E-state index in [1.54, 1.807) is 9.80 Å². The van der Waals surface area contributed by atoms with Crippen molar-refractivity contribution in [3.05, 3.63) is 12.4 Å². The highest BCUT2D eigenvalue weighted by atomic mass is 19.4. The molecule has 1 amide bonds. The molecule has 15 heteroatoms. The molecule has 3 aromatic heterocycles. The van der Waals surface area contributed by atoms with Crippen LogP contribution in [0.1, 0.15) is 19.8 Å². The number of rotatable bonds is 6. The van der Waals surface area contributed by atoms with Gasteiger partial charge in [-0.3, -0.25) is 9.36 Å². The van der Waals surface area contributed by atoms with Crippen molar-refractivity contribution in [2.75, 3.05) is 68.0 Å². The highest BCUT2D eigenvalue weighted by molar-refractivity contribution is 5.88. The lowest BCUT2D eigenvalue weighted by molar-refractivity contribution is -0.139. The van der Waals surface area contributed by atoms with Crippen LogP contribution in [0, 0.1) is 0 Å². The van der Waals surface area contributed by atoms with Gasteiger partial charge in [-0.15, -0.1) is 0 Å². The lowest BCUT2D eigenvalue weighted by Gasteiger charge is -2.35. The van der Waals surface area contributed by atoms with Crippen LogP contribution in [0.4, 0.5) is 30.9 Å².